The van der Waals surface area contributed by atoms with E-state index in [1.165, 1.54) is 0 Å². The van der Waals surface area contributed by atoms with Gasteiger partial charge in [-0.3, -0.25) is 14.9 Å². The highest BCUT2D eigenvalue weighted by Gasteiger charge is 2.43. The highest BCUT2D eigenvalue weighted by Crippen LogP contribution is 2.27. The van der Waals surface area contributed by atoms with Crippen molar-refractivity contribution < 1.29 is 14.4 Å². The first-order valence-corrected chi connectivity index (χ1v) is 8.60. The normalized spacial score (nSPS) is 29.3. The van der Waals surface area contributed by atoms with Gasteiger partial charge >= 0.3 is 6.03 Å². The molecule has 3 atom stereocenters. The molecule has 0 spiro atoms. The van der Waals surface area contributed by atoms with Crippen LogP contribution in [0.3, 0.4) is 0 Å². The summed E-state index contributed by atoms with van der Waals surface area (Å²) in [5.74, 6) is 0.133. The molecule has 0 radical (unpaired) electrons. The van der Waals surface area contributed by atoms with E-state index in [9.17, 15) is 14.4 Å². The maximum absolute atomic E-state index is 12.8. The molecule has 1 aromatic rings. The van der Waals surface area contributed by atoms with Gasteiger partial charge in [-0.1, -0.05) is 19.1 Å². The smallest absolute Gasteiger partial charge is 0.322 e. The zero-order valence-electron chi connectivity index (χ0n) is 14.5. The Morgan fingerprint density at radius 2 is 2.00 bits per heavy atom. The molecule has 0 aromatic heterocycles. The SMILES string of the molecule is CC1CCN(C(=O)c2ccc(C3(C)NC(=O)NC3=O)cc2)C(CN)C1. The molecule has 2 aliphatic rings. The van der Waals surface area contributed by atoms with E-state index < -0.39 is 17.5 Å². The minimum absolute atomic E-state index is 0.0426. The first kappa shape index (κ1) is 17.4. The van der Waals surface area contributed by atoms with Gasteiger partial charge in [0.2, 0.25) is 0 Å². The summed E-state index contributed by atoms with van der Waals surface area (Å²) in [4.78, 5) is 38.1. The Morgan fingerprint density at radius 1 is 1.32 bits per heavy atom. The summed E-state index contributed by atoms with van der Waals surface area (Å²) in [6, 6.07) is 6.37. The molecule has 3 unspecified atom stereocenters. The summed E-state index contributed by atoms with van der Waals surface area (Å²) >= 11 is 0. The molecule has 2 fully saturated rings. The van der Waals surface area contributed by atoms with Crippen LogP contribution >= 0.6 is 0 Å². The van der Waals surface area contributed by atoms with Gasteiger partial charge < -0.3 is 16.0 Å². The topological polar surface area (TPSA) is 105 Å². The Balaban J connectivity index is 1.79. The van der Waals surface area contributed by atoms with Crippen molar-refractivity contribution in [1.29, 1.82) is 0 Å². The van der Waals surface area contributed by atoms with Crippen molar-refractivity contribution in [3.05, 3.63) is 35.4 Å². The number of hydrogen-bond acceptors (Lipinski definition) is 4. The number of carbonyl (C=O) groups excluding carboxylic acids is 3. The third-order valence-corrected chi connectivity index (χ3v) is 5.26. The van der Waals surface area contributed by atoms with Crippen molar-refractivity contribution in [2.24, 2.45) is 11.7 Å². The molecule has 0 bridgehead atoms. The van der Waals surface area contributed by atoms with Crippen LogP contribution in [-0.4, -0.2) is 41.9 Å². The zero-order valence-corrected chi connectivity index (χ0v) is 14.5. The number of hydrogen-bond donors (Lipinski definition) is 3. The van der Waals surface area contributed by atoms with Gasteiger partial charge in [-0.25, -0.2) is 4.79 Å². The van der Waals surface area contributed by atoms with E-state index >= 15 is 0 Å². The van der Waals surface area contributed by atoms with Crippen LogP contribution < -0.4 is 16.4 Å². The maximum atomic E-state index is 12.8. The number of carbonyl (C=O) groups is 3. The Bertz CT molecular complexity index is 703. The first-order chi connectivity index (χ1) is 11.8. The number of piperidine rings is 1. The van der Waals surface area contributed by atoms with Crippen LogP contribution in [0.15, 0.2) is 24.3 Å². The predicted octanol–water partition coefficient (Wildman–Crippen LogP) is 0.941. The van der Waals surface area contributed by atoms with E-state index in [0.717, 1.165) is 12.8 Å². The van der Waals surface area contributed by atoms with Gasteiger partial charge in [0.1, 0.15) is 5.54 Å². The van der Waals surface area contributed by atoms with E-state index in [0.29, 0.717) is 30.1 Å². The molecule has 2 aliphatic heterocycles. The molecular formula is C18H24N4O3. The fourth-order valence-corrected chi connectivity index (χ4v) is 3.60. The minimum atomic E-state index is -1.11. The molecular weight excluding hydrogens is 320 g/mol. The number of nitrogens with two attached hydrogens (primary N) is 1. The summed E-state index contributed by atoms with van der Waals surface area (Å²) in [5, 5.41) is 4.85. The number of likely N-dealkylation sites (tertiary alicyclic amines) is 1. The summed E-state index contributed by atoms with van der Waals surface area (Å²) in [7, 11) is 0. The molecule has 0 aliphatic carbocycles. The number of rotatable bonds is 3. The van der Waals surface area contributed by atoms with Crippen molar-refractivity contribution >= 4 is 17.8 Å². The molecule has 2 saturated heterocycles. The van der Waals surface area contributed by atoms with E-state index in [4.69, 9.17) is 5.73 Å². The molecule has 4 N–H and O–H groups in total. The van der Waals surface area contributed by atoms with Crippen LogP contribution in [0.25, 0.3) is 0 Å². The van der Waals surface area contributed by atoms with Gasteiger partial charge in [-0.15, -0.1) is 0 Å². The third-order valence-electron chi connectivity index (χ3n) is 5.26. The Hall–Kier alpha value is -2.41. The summed E-state index contributed by atoms with van der Waals surface area (Å²) in [5.41, 5.74) is 5.93. The first-order valence-electron chi connectivity index (χ1n) is 8.60. The Labute approximate surface area is 146 Å². The standard InChI is InChI=1S/C18H24N4O3/c1-11-7-8-22(14(9-11)10-19)15(23)12-3-5-13(6-4-12)18(2)16(24)20-17(25)21-18/h3-6,11,14H,7-10,19H2,1-2H3,(H2,20,21,24,25). The van der Waals surface area contributed by atoms with Gasteiger partial charge in [-0.2, -0.15) is 0 Å². The van der Waals surface area contributed by atoms with E-state index in [1.54, 1.807) is 31.2 Å². The van der Waals surface area contributed by atoms with Crippen LogP contribution in [0.1, 0.15) is 42.6 Å². The third kappa shape index (κ3) is 3.11. The number of nitrogens with one attached hydrogen (secondary N) is 2. The van der Waals surface area contributed by atoms with Crippen molar-refractivity contribution in [2.45, 2.75) is 38.3 Å². The fraction of sp³-hybridized carbons (Fsp3) is 0.500. The zero-order chi connectivity index (χ0) is 18.2. The average Bonchev–Trinajstić information content (AvgIpc) is 2.87. The molecule has 7 nitrogen and oxygen atoms in total. The number of amides is 4. The lowest BCUT2D eigenvalue weighted by Crippen LogP contribution is -2.49. The lowest BCUT2D eigenvalue weighted by molar-refractivity contribution is -0.123. The van der Waals surface area contributed by atoms with Crippen molar-refractivity contribution in [2.75, 3.05) is 13.1 Å². The van der Waals surface area contributed by atoms with Crippen molar-refractivity contribution in [3.8, 4) is 0 Å². The molecule has 7 heteroatoms. The number of urea groups is 1. The van der Waals surface area contributed by atoms with E-state index in [1.807, 2.05) is 4.90 Å². The number of nitrogens with zero attached hydrogens (tertiary/aromatic N) is 1. The van der Waals surface area contributed by atoms with Crippen molar-refractivity contribution in [3.63, 3.8) is 0 Å². The quantitative estimate of drug-likeness (QED) is 0.710. The highest BCUT2D eigenvalue weighted by atomic mass is 16.2. The molecule has 25 heavy (non-hydrogen) atoms. The summed E-state index contributed by atoms with van der Waals surface area (Å²) in [6.07, 6.45) is 1.90. The molecule has 0 saturated carbocycles. The van der Waals surface area contributed by atoms with E-state index in [-0.39, 0.29) is 11.9 Å². The predicted molar refractivity (Wildman–Crippen MR) is 92.7 cm³/mol. The molecule has 3 rings (SSSR count). The maximum Gasteiger partial charge on any atom is 0.322 e. The molecule has 2 heterocycles. The highest BCUT2D eigenvalue weighted by molar-refractivity contribution is 6.07. The van der Waals surface area contributed by atoms with Crippen LogP contribution in [0.2, 0.25) is 0 Å². The van der Waals surface area contributed by atoms with Gasteiger partial charge in [0.15, 0.2) is 0 Å². The largest absolute Gasteiger partial charge is 0.334 e. The summed E-state index contributed by atoms with van der Waals surface area (Å²) < 4.78 is 0. The molecule has 4 amide bonds. The number of benzene rings is 1. The van der Waals surface area contributed by atoms with Crippen LogP contribution in [0, 0.1) is 5.92 Å². The monoisotopic (exact) mass is 344 g/mol. The Morgan fingerprint density at radius 3 is 2.56 bits per heavy atom. The second-order valence-corrected chi connectivity index (χ2v) is 7.13. The summed E-state index contributed by atoms with van der Waals surface area (Å²) in [6.45, 7) is 4.99. The second kappa shape index (κ2) is 6.48. The van der Waals surface area contributed by atoms with Crippen molar-refractivity contribution in [1.82, 2.24) is 15.5 Å². The fourth-order valence-electron chi connectivity index (χ4n) is 3.60. The van der Waals surface area contributed by atoms with Gasteiger partial charge in [0, 0.05) is 24.7 Å². The molecule has 1 aromatic carbocycles. The van der Waals surface area contributed by atoms with Crippen LogP contribution in [0.4, 0.5) is 4.79 Å². The van der Waals surface area contributed by atoms with E-state index in [2.05, 4.69) is 17.6 Å². The van der Waals surface area contributed by atoms with Gasteiger partial charge in [0.25, 0.3) is 11.8 Å². The lowest BCUT2D eigenvalue weighted by atomic mass is 9.90. The second-order valence-electron chi connectivity index (χ2n) is 7.13. The number of imide groups is 1. The average molecular weight is 344 g/mol. The lowest BCUT2D eigenvalue weighted by Gasteiger charge is -2.38. The van der Waals surface area contributed by atoms with Gasteiger partial charge in [0.05, 0.1) is 0 Å². The molecule has 134 valence electrons. The van der Waals surface area contributed by atoms with Crippen LogP contribution in [0.5, 0.6) is 0 Å². The Kier molecular flexibility index (Phi) is 4.51. The minimum Gasteiger partial charge on any atom is -0.334 e. The van der Waals surface area contributed by atoms with Gasteiger partial charge in [-0.05, 0) is 43.4 Å². The van der Waals surface area contributed by atoms with Crippen LogP contribution in [-0.2, 0) is 10.3 Å².